The molecule has 0 heterocycles. The zero-order chi connectivity index (χ0) is 16.3. The van der Waals surface area contributed by atoms with E-state index in [4.69, 9.17) is 4.74 Å². The number of ether oxygens (including phenoxy) is 1. The monoisotopic (exact) mass is 314 g/mol. The standard InChI is InChI=1S/C19H26N2O2/c1-2-3-6-11-20-19(22)21-12-13-23-15-16-9-10-17-7-4-5-8-18(17)14-16/h4-5,7-10,14H,2-3,6,11-13,15H2,1H3,(H2,20,21,22). The summed E-state index contributed by atoms with van der Waals surface area (Å²) in [6.45, 7) is 4.47. The topological polar surface area (TPSA) is 50.4 Å². The third kappa shape index (κ3) is 6.28. The first kappa shape index (κ1) is 17.3. The van der Waals surface area contributed by atoms with Crippen LogP contribution in [0.4, 0.5) is 4.79 Å². The lowest BCUT2D eigenvalue weighted by Crippen LogP contribution is -2.37. The molecule has 2 aromatic rings. The van der Waals surface area contributed by atoms with Crippen LogP contribution in [0.3, 0.4) is 0 Å². The number of fused-ring (bicyclic) bond motifs is 1. The highest BCUT2D eigenvalue weighted by Gasteiger charge is 1.99. The van der Waals surface area contributed by atoms with Crippen LogP contribution in [0.5, 0.6) is 0 Å². The van der Waals surface area contributed by atoms with E-state index < -0.39 is 0 Å². The number of carbonyl (C=O) groups is 1. The fourth-order valence-electron chi connectivity index (χ4n) is 2.39. The number of hydrogen-bond donors (Lipinski definition) is 2. The van der Waals surface area contributed by atoms with E-state index in [0.717, 1.165) is 31.4 Å². The number of amides is 2. The summed E-state index contributed by atoms with van der Waals surface area (Å²) in [5.74, 6) is 0. The molecule has 0 aliphatic heterocycles. The summed E-state index contributed by atoms with van der Waals surface area (Å²) in [7, 11) is 0. The van der Waals surface area contributed by atoms with Crippen molar-refractivity contribution in [1.82, 2.24) is 10.6 Å². The maximum absolute atomic E-state index is 11.5. The lowest BCUT2D eigenvalue weighted by molar-refractivity contribution is 0.123. The van der Waals surface area contributed by atoms with E-state index in [2.05, 4.69) is 47.9 Å². The van der Waals surface area contributed by atoms with Crippen molar-refractivity contribution >= 4 is 16.8 Å². The van der Waals surface area contributed by atoms with Crippen LogP contribution in [0.25, 0.3) is 10.8 Å². The van der Waals surface area contributed by atoms with Gasteiger partial charge in [0.1, 0.15) is 0 Å². The van der Waals surface area contributed by atoms with E-state index in [-0.39, 0.29) is 6.03 Å². The van der Waals surface area contributed by atoms with Gasteiger partial charge < -0.3 is 15.4 Å². The highest BCUT2D eigenvalue weighted by Crippen LogP contribution is 2.15. The Morgan fingerprint density at radius 3 is 2.61 bits per heavy atom. The van der Waals surface area contributed by atoms with Gasteiger partial charge in [-0.25, -0.2) is 4.79 Å². The Morgan fingerprint density at radius 1 is 1.00 bits per heavy atom. The molecule has 2 rings (SSSR count). The predicted molar refractivity (Wildman–Crippen MR) is 94.5 cm³/mol. The molecule has 0 radical (unpaired) electrons. The Labute approximate surface area is 138 Å². The summed E-state index contributed by atoms with van der Waals surface area (Å²) in [5, 5.41) is 8.10. The number of carbonyl (C=O) groups excluding carboxylic acids is 1. The van der Waals surface area contributed by atoms with Crippen molar-refractivity contribution in [3.05, 3.63) is 48.0 Å². The zero-order valence-electron chi connectivity index (χ0n) is 13.8. The average Bonchev–Trinajstić information content (AvgIpc) is 2.58. The minimum absolute atomic E-state index is 0.115. The molecule has 0 bridgehead atoms. The number of hydrogen-bond acceptors (Lipinski definition) is 2. The average molecular weight is 314 g/mol. The second kappa shape index (κ2) is 9.85. The van der Waals surface area contributed by atoms with Crippen LogP contribution in [0.2, 0.25) is 0 Å². The van der Waals surface area contributed by atoms with Crippen molar-refractivity contribution < 1.29 is 9.53 Å². The Morgan fingerprint density at radius 2 is 1.78 bits per heavy atom. The van der Waals surface area contributed by atoms with Crippen LogP contribution in [-0.4, -0.2) is 25.7 Å². The van der Waals surface area contributed by atoms with Gasteiger partial charge in [0.2, 0.25) is 0 Å². The van der Waals surface area contributed by atoms with Gasteiger partial charge in [-0.2, -0.15) is 0 Å². The van der Waals surface area contributed by atoms with Gasteiger partial charge in [-0.15, -0.1) is 0 Å². The quantitative estimate of drug-likeness (QED) is 0.691. The molecule has 23 heavy (non-hydrogen) atoms. The summed E-state index contributed by atoms with van der Waals surface area (Å²) >= 11 is 0. The fourth-order valence-corrected chi connectivity index (χ4v) is 2.39. The molecule has 2 amide bonds. The largest absolute Gasteiger partial charge is 0.375 e. The van der Waals surface area contributed by atoms with Crippen molar-refractivity contribution in [2.45, 2.75) is 32.8 Å². The van der Waals surface area contributed by atoms with Gasteiger partial charge >= 0.3 is 6.03 Å². The lowest BCUT2D eigenvalue weighted by Gasteiger charge is -2.08. The minimum atomic E-state index is -0.115. The van der Waals surface area contributed by atoms with Crippen LogP contribution in [0, 0.1) is 0 Å². The zero-order valence-corrected chi connectivity index (χ0v) is 13.8. The second-order valence-electron chi connectivity index (χ2n) is 5.62. The van der Waals surface area contributed by atoms with Crippen LogP contribution < -0.4 is 10.6 Å². The summed E-state index contributed by atoms with van der Waals surface area (Å²) < 4.78 is 5.62. The van der Waals surface area contributed by atoms with Crippen LogP contribution in [-0.2, 0) is 11.3 Å². The Kier molecular flexibility index (Phi) is 7.40. The van der Waals surface area contributed by atoms with E-state index in [1.54, 1.807) is 0 Å². The number of benzene rings is 2. The third-order valence-corrected chi connectivity index (χ3v) is 3.68. The van der Waals surface area contributed by atoms with Gasteiger partial charge in [-0.3, -0.25) is 0 Å². The molecular formula is C19H26N2O2. The molecule has 0 spiro atoms. The van der Waals surface area contributed by atoms with E-state index >= 15 is 0 Å². The van der Waals surface area contributed by atoms with E-state index in [0.29, 0.717) is 19.8 Å². The number of urea groups is 1. The van der Waals surface area contributed by atoms with Crippen LogP contribution in [0.15, 0.2) is 42.5 Å². The van der Waals surface area contributed by atoms with Gasteiger partial charge in [0, 0.05) is 13.1 Å². The molecule has 0 fully saturated rings. The van der Waals surface area contributed by atoms with Crippen molar-refractivity contribution in [2.24, 2.45) is 0 Å². The summed E-state index contributed by atoms with van der Waals surface area (Å²) in [6.07, 6.45) is 3.34. The number of unbranched alkanes of at least 4 members (excludes halogenated alkanes) is 2. The molecule has 0 aliphatic rings. The molecule has 124 valence electrons. The summed E-state index contributed by atoms with van der Waals surface area (Å²) in [4.78, 5) is 11.5. The third-order valence-electron chi connectivity index (χ3n) is 3.68. The van der Waals surface area contributed by atoms with Gasteiger partial charge in [0.05, 0.1) is 13.2 Å². The van der Waals surface area contributed by atoms with Crippen molar-refractivity contribution in [3.63, 3.8) is 0 Å². The predicted octanol–water partition coefficient (Wildman–Crippen LogP) is 3.85. The first-order valence-corrected chi connectivity index (χ1v) is 8.36. The molecular weight excluding hydrogens is 288 g/mol. The summed E-state index contributed by atoms with van der Waals surface area (Å²) in [6, 6.07) is 14.5. The number of rotatable bonds is 9. The fraction of sp³-hybridized carbons (Fsp3) is 0.421. The molecule has 2 N–H and O–H groups in total. The Bertz CT molecular complexity index is 613. The normalized spacial score (nSPS) is 10.7. The van der Waals surface area contributed by atoms with E-state index in [1.165, 1.54) is 10.8 Å². The van der Waals surface area contributed by atoms with Gasteiger partial charge in [-0.05, 0) is 28.8 Å². The maximum atomic E-state index is 11.5. The smallest absolute Gasteiger partial charge is 0.314 e. The Balaban J connectivity index is 1.60. The molecule has 0 aliphatic carbocycles. The first-order valence-electron chi connectivity index (χ1n) is 8.36. The van der Waals surface area contributed by atoms with E-state index in [1.807, 2.05) is 12.1 Å². The molecule has 0 saturated heterocycles. The highest BCUT2D eigenvalue weighted by molar-refractivity contribution is 5.82. The van der Waals surface area contributed by atoms with Gasteiger partial charge in [0.15, 0.2) is 0 Å². The molecule has 4 heteroatoms. The van der Waals surface area contributed by atoms with Crippen molar-refractivity contribution in [3.8, 4) is 0 Å². The van der Waals surface area contributed by atoms with Gasteiger partial charge in [-0.1, -0.05) is 56.2 Å². The Hall–Kier alpha value is -2.07. The van der Waals surface area contributed by atoms with Crippen molar-refractivity contribution in [1.29, 1.82) is 0 Å². The molecule has 0 atom stereocenters. The molecule has 2 aromatic carbocycles. The molecule has 0 aromatic heterocycles. The lowest BCUT2D eigenvalue weighted by atomic mass is 10.1. The number of nitrogens with one attached hydrogen (secondary N) is 2. The SMILES string of the molecule is CCCCCNC(=O)NCCOCc1ccc2ccccc2c1. The summed E-state index contributed by atoms with van der Waals surface area (Å²) in [5.41, 5.74) is 1.15. The molecule has 0 saturated carbocycles. The first-order chi connectivity index (χ1) is 11.3. The van der Waals surface area contributed by atoms with Gasteiger partial charge in [0.25, 0.3) is 0 Å². The second-order valence-corrected chi connectivity index (χ2v) is 5.62. The van der Waals surface area contributed by atoms with Crippen molar-refractivity contribution in [2.75, 3.05) is 19.7 Å². The molecule has 4 nitrogen and oxygen atoms in total. The van der Waals surface area contributed by atoms with Crippen LogP contribution >= 0.6 is 0 Å². The minimum Gasteiger partial charge on any atom is -0.375 e. The van der Waals surface area contributed by atoms with E-state index in [9.17, 15) is 4.79 Å². The maximum Gasteiger partial charge on any atom is 0.314 e. The highest BCUT2D eigenvalue weighted by atomic mass is 16.5. The molecule has 0 unspecified atom stereocenters. The van der Waals surface area contributed by atoms with Crippen LogP contribution in [0.1, 0.15) is 31.7 Å².